The van der Waals surface area contributed by atoms with Crippen LogP contribution in [0.15, 0.2) is 33.9 Å². The number of benzene rings is 1. The lowest BCUT2D eigenvalue weighted by atomic mass is 10.2. The van der Waals surface area contributed by atoms with Gasteiger partial charge in [-0.15, -0.1) is 0 Å². The van der Waals surface area contributed by atoms with Crippen molar-refractivity contribution in [3.8, 4) is 28.7 Å². The zero-order chi connectivity index (χ0) is 23.5. The Morgan fingerprint density at radius 1 is 1.06 bits per heavy atom. The third-order valence-electron chi connectivity index (χ3n) is 6.62. The summed E-state index contributed by atoms with van der Waals surface area (Å²) in [6, 6.07) is 7.70. The van der Waals surface area contributed by atoms with E-state index >= 15 is 0 Å². The van der Waals surface area contributed by atoms with Crippen LogP contribution in [0.4, 0.5) is 0 Å². The summed E-state index contributed by atoms with van der Waals surface area (Å²) >= 11 is 0. The van der Waals surface area contributed by atoms with Gasteiger partial charge in [-0.05, 0) is 43.5 Å². The summed E-state index contributed by atoms with van der Waals surface area (Å²) in [5.74, 6) is 1.49. The van der Waals surface area contributed by atoms with Crippen LogP contribution in [0.5, 0.6) is 5.75 Å². The molecule has 0 bridgehead atoms. The average molecular weight is 467 g/mol. The fourth-order valence-corrected chi connectivity index (χ4v) is 4.62. The van der Waals surface area contributed by atoms with Crippen LogP contribution >= 0.6 is 0 Å². The van der Waals surface area contributed by atoms with Crippen molar-refractivity contribution in [1.29, 1.82) is 0 Å². The molecule has 4 aliphatic rings. The van der Waals surface area contributed by atoms with Gasteiger partial charge >= 0.3 is 5.69 Å². The molecule has 180 valence electrons. The van der Waals surface area contributed by atoms with Gasteiger partial charge in [0, 0.05) is 32.2 Å². The third-order valence-corrected chi connectivity index (χ3v) is 6.62. The van der Waals surface area contributed by atoms with Gasteiger partial charge in [-0.2, -0.15) is 10.1 Å². The molecule has 34 heavy (non-hydrogen) atoms. The zero-order valence-corrected chi connectivity index (χ0v) is 19.5. The topological polar surface area (TPSA) is 104 Å². The molecule has 1 aromatic rings. The molecule has 5 rings (SSSR count). The molecule has 3 heterocycles. The fourth-order valence-electron chi connectivity index (χ4n) is 4.62. The van der Waals surface area contributed by atoms with Crippen LogP contribution in [0.2, 0.25) is 0 Å². The van der Waals surface area contributed by atoms with Gasteiger partial charge in [-0.3, -0.25) is 14.3 Å². The largest absolute Gasteiger partial charge is 0.494 e. The highest BCUT2D eigenvalue weighted by molar-refractivity contribution is 5.60. The summed E-state index contributed by atoms with van der Waals surface area (Å²) in [5, 5.41) is 4.72. The van der Waals surface area contributed by atoms with Crippen LogP contribution in [0.1, 0.15) is 38.1 Å². The Bertz CT molecular complexity index is 1210. The molecule has 0 N–H and O–H groups in total. The van der Waals surface area contributed by atoms with Crippen molar-refractivity contribution in [2.45, 2.75) is 38.1 Å². The molecule has 0 unspecified atom stereocenters. The molecule has 2 fully saturated rings. The van der Waals surface area contributed by atoms with Gasteiger partial charge in [0.1, 0.15) is 5.75 Å². The van der Waals surface area contributed by atoms with Crippen molar-refractivity contribution in [3.63, 3.8) is 0 Å². The summed E-state index contributed by atoms with van der Waals surface area (Å²) in [6.07, 6.45) is 5.02. The molecule has 0 radical (unpaired) electrons. The van der Waals surface area contributed by atoms with Gasteiger partial charge in [0.15, 0.2) is 17.3 Å². The number of hydrogen-bond donors (Lipinski definition) is 0. The lowest BCUT2D eigenvalue weighted by Crippen LogP contribution is -2.37. The number of nitrogens with zero attached hydrogens (tertiary/aromatic N) is 6. The molecular weight excluding hydrogens is 436 g/mol. The SMILES string of the molecule is Cn1c(=O)nc2n(C3CCCC3)nc(-c3ccc(OCCCN4CCOCC4)cc3)nc-2c1=O. The lowest BCUT2D eigenvalue weighted by molar-refractivity contribution is 0.0358. The number of ether oxygens (including phenoxy) is 2. The number of rotatable bonds is 7. The highest BCUT2D eigenvalue weighted by Crippen LogP contribution is 2.32. The summed E-state index contributed by atoms with van der Waals surface area (Å²) < 4.78 is 14.0. The fraction of sp³-hybridized carbons (Fsp3) is 0.542. The minimum atomic E-state index is -0.587. The van der Waals surface area contributed by atoms with E-state index < -0.39 is 11.2 Å². The first-order chi connectivity index (χ1) is 16.6. The Balaban J connectivity index is 1.35. The molecule has 0 spiro atoms. The first-order valence-electron chi connectivity index (χ1n) is 12.0. The molecule has 0 atom stereocenters. The predicted octanol–water partition coefficient (Wildman–Crippen LogP) is 1.72. The Kier molecular flexibility index (Phi) is 6.68. The maximum atomic E-state index is 12.8. The minimum absolute atomic E-state index is 0.109. The summed E-state index contributed by atoms with van der Waals surface area (Å²) in [5.41, 5.74) is -0.0913. The average Bonchev–Trinajstić information content (AvgIpc) is 3.41. The van der Waals surface area contributed by atoms with Gasteiger partial charge in [-0.1, -0.05) is 12.8 Å². The molecular formula is C24H30N6O4. The van der Waals surface area contributed by atoms with Crippen molar-refractivity contribution in [2.75, 3.05) is 39.5 Å². The Morgan fingerprint density at radius 3 is 2.53 bits per heavy atom. The molecule has 0 aromatic heterocycles. The number of aromatic nitrogens is 5. The van der Waals surface area contributed by atoms with Crippen LogP contribution in [-0.4, -0.2) is 68.7 Å². The van der Waals surface area contributed by atoms with E-state index in [9.17, 15) is 9.59 Å². The smallest absolute Gasteiger partial charge is 0.352 e. The Morgan fingerprint density at radius 2 is 1.79 bits per heavy atom. The van der Waals surface area contributed by atoms with Crippen molar-refractivity contribution in [1.82, 2.24) is 29.2 Å². The predicted molar refractivity (Wildman–Crippen MR) is 126 cm³/mol. The maximum absolute atomic E-state index is 12.8. The van der Waals surface area contributed by atoms with E-state index in [-0.39, 0.29) is 17.6 Å². The highest BCUT2D eigenvalue weighted by Gasteiger charge is 2.27. The molecule has 1 aromatic carbocycles. The second kappa shape index (κ2) is 10.0. The van der Waals surface area contributed by atoms with Gasteiger partial charge < -0.3 is 9.47 Å². The van der Waals surface area contributed by atoms with E-state index in [0.717, 1.165) is 80.8 Å². The molecule has 3 aliphatic heterocycles. The van der Waals surface area contributed by atoms with Crippen molar-refractivity contribution in [2.24, 2.45) is 7.05 Å². The van der Waals surface area contributed by atoms with Gasteiger partial charge in [0.05, 0.1) is 25.9 Å². The normalized spacial score (nSPS) is 17.4. The quantitative estimate of drug-likeness (QED) is 0.485. The molecule has 10 heteroatoms. The van der Waals surface area contributed by atoms with E-state index in [1.165, 1.54) is 7.05 Å². The summed E-state index contributed by atoms with van der Waals surface area (Å²) in [4.78, 5) is 36.0. The zero-order valence-electron chi connectivity index (χ0n) is 19.5. The van der Waals surface area contributed by atoms with E-state index in [1.807, 2.05) is 24.3 Å². The molecule has 1 saturated heterocycles. The first-order valence-corrected chi connectivity index (χ1v) is 12.0. The summed E-state index contributed by atoms with van der Waals surface area (Å²) in [7, 11) is 1.42. The second-order valence-electron chi connectivity index (χ2n) is 8.93. The molecule has 1 aliphatic carbocycles. The van der Waals surface area contributed by atoms with Crippen molar-refractivity contribution < 1.29 is 9.47 Å². The monoisotopic (exact) mass is 466 g/mol. The van der Waals surface area contributed by atoms with E-state index in [2.05, 4.69) is 14.9 Å². The van der Waals surface area contributed by atoms with Gasteiger partial charge in [0.25, 0.3) is 5.56 Å². The summed E-state index contributed by atoms with van der Waals surface area (Å²) in [6.45, 7) is 5.22. The number of morpholine rings is 1. The van der Waals surface area contributed by atoms with Crippen molar-refractivity contribution >= 4 is 0 Å². The standard InChI is InChI=1S/C24H30N6O4/c1-28-23(31)20-22(26-24(28)32)30(18-5-2-3-6-18)27-21(25-20)17-7-9-19(10-8-17)34-14-4-11-29-12-15-33-16-13-29/h7-10,18H,2-6,11-16H2,1H3. The van der Waals surface area contributed by atoms with Crippen LogP contribution < -0.4 is 16.0 Å². The van der Waals surface area contributed by atoms with E-state index in [4.69, 9.17) is 14.6 Å². The Labute approximate surface area is 197 Å². The lowest BCUT2D eigenvalue weighted by Gasteiger charge is -2.26. The first kappa shape index (κ1) is 22.7. The Hall–Kier alpha value is -3.11. The van der Waals surface area contributed by atoms with Gasteiger partial charge in [0.2, 0.25) is 0 Å². The van der Waals surface area contributed by atoms with Crippen LogP contribution in [0.25, 0.3) is 22.9 Å². The van der Waals surface area contributed by atoms with Crippen LogP contribution in [-0.2, 0) is 11.8 Å². The highest BCUT2D eigenvalue weighted by atomic mass is 16.5. The van der Waals surface area contributed by atoms with Crippen molar-refractivity contribution in [3.05, 3.63) is 45.1 Å². The van der Waals surface area contributed by atoms with Crippen LogP contribution in [0.3, 0.4) is 0 Å². The van der Waals surface area contributed by atoms with Gasteiger partial charge in [-0.25, -0.2) is 14.5 Å². The van der Waals surface area contributed by atoms with Crippen LogP contribution in [0, 0.1) is 0 Å². The second-order valence-corrected chi connectivity index (χ2v) is 8.93. The number of fused-ring (bicyclic) bond motifs is 1. The minimum Gasteiger partial charge on any atom is -0.494 e. The number of hydrogen-bond acceptors (Lipinski definition) is 8. The molecule has 0 amide bonds. The third kappa shape index (κ3) is 4.74. The van der Waals surface area contributed by atoms with E-state index in [0.29, 0.717) is 12.4 Å². The van der Waals surface area contributed by atoms with E-state index in [1.54, 1.807) is 4.68 Å². The molecule has 10 nitrogen and oxygen atoms in total. The molecule has 1 saturated carbocycles. The maximum Gasteiger partial charge on any atom is 0.352 e.